The standard InChI is InChI=1S/C13H10BrF2N3O/c1-20-12-6-8(15)2-3-11(12)19-18-7-9-10(14)4-5-17-13(9)16/h2-7,19H,1H3. The summed E-state index contributed by atoms with van der Waals surface area (Å²) >= 11 is 3.20. The van der Waals surface area contributed by atoms with Crippen molar-refractivity contribution >= 4 is 27.8 Å². The first-order chi connectivity index (χ1) is 9.61. The number of halogens is 3. The largest absolute Gasteiger partial charge is 0.494 e. The molecule has 20 heavy (non-hydrogen) atoms. The molecule has 0 fully saturated rings. The highest BCUT2D eigenvalue weighted by atomic mass is 79.9. The van der Waals surface area contributed by atoms with Gasteiger partial charge in [0.2, 0.25) is 5.95 Å². The normalized spacial score (nSPS) is 10.8. The van der Waals surface area contributed by atoms with Crippen molar-refractivity contribution in [3.8, 4) is 5.75 Å². The number of hydrogen-bond donors (Lipinski definition) is 1. The van der Waals surface area contributed by atoms with Crippen LogP contribution in [-0.2, 0) is 0 Å². The smallest absolute Gasteiger partial charge is 0.222 e. The van der Waals surface area contributed by atoms with Crippen molar-refractivity contribution in [2.24, 2.45) is 5.10 Å². The average molecular weight is 342 g/mol. The van der Waals surface area contributed by atoms with Crippen LogP contribution in [0.4, 0.5) is 14.5 Å². The maximum absolute atomic E-state index is 13.4. The Hall–Kier alpha value is -2.02. The van der Waals surface area contributed by atoms with Crippen molar-refractivity contribution in [1.29, 1.82) is 0 Å². The van der Waals surface area contributed by atoms with Gasteiger partial charge in [-0.25, -0.2) is 9.37 Å². The minimum absolute atomic E-state index is 0.209. The first kappa shape index (κ1) is 14.4. The zero-order chi connectivity index (χ0) is 14.5. The third-order valence-corrected chi connectivity index (χ3v) is 3.12. The van der Waals surface area contributed by atoms with E-state index in [1.807, 2.05) is 0 Å². The van der Waals surface area contributed by atoms with E-state index in [1.54, 1.807) is 6.07 Å². The average Bonchev–Trinajstić information content (AvgIpc) is 2.43. The number of methoxy groups -OCH3 is 1. The Balaban J connectivity index is 2.18. The fourth-order valence-corrected chi connectivity index (χ4v) is 1.85. The number of hydrazone groups is 1. The molecule has 0 bridgehead atoms. The second-order valence-electron chi connectivity index (χ2n) is 3.71. The van der Waals surface area contributed by atoms with E-state index < -0.39 is 11.8 Å². The lowest BCUT2D eigenvalue weighted by molar-refractivity contribution is 0.413. The summed E-state index contributed by atoms with van der Waals surface area (Å²) in [6, 6.07) is 5.56. The number of nitrogens with zero attached hydrogens (tertiary/aromatic N) is 2. The summed E-state index contributed by atoms with van der Waals surface area (Å²) in [5.74, 6) is -0.763. The molecule has 1 aromatic carbocycles. The summed E-state index contributed by atoms with van der Waals surface area (Å²) in [7, 11) is 1.42. The van der Waals surface area contributed by atoms with E-state index in [2.05, 4.69) is 31.4 Å². The highest BCUT2D eigenvalue weighted by Gasteiger charge is 2.06. The number of benzene rings is 1. The van der Waals surface area contributed by atoms with Crippen LogP contribution in [0.15, 0.2) is 40.0 Å². The molecule has 0 saturated carbocycles. The minimum atomic E-state index is -0.643. The maximum atomic E-state index is 13.4. The predicted octanol–water partition coefficient (Wildman–Crippen LogP) is 3.58. The summed E-state index contributed by atoms with van der Waals surface area (Å²) in [6.07, 6.45) is 2.61. The van der Waals surface area contributed by atoms with Crippen LogP contribution in [0.2, 0.25) is 0 Å². The van der Waals surface area contributed by atoms with Gasteiger partial charge in [0.25, 0.3) is 0 Å². The Morgan fingerprint density at radius 3 is 2.85 bits per heavy atom. The van der Waals surface area contributed by atoms with Gasteiger partial charge in [0.15, 0.2) is 0 Å². The molecular formula is C13H10BrF2N3O. The second-order valence-corrected chi connectivity index (χ2v) is 4.57. The zero-order valence-electron chi connectivity index (χ0n) is 10.4. The third-order valence-electron chi connectivity index (χ3n) is 2.43. The van der Waals surface area contributed by atoms with Crippen LogP contribution < -0.4 is 10.2 Å². The van der Waals surface area contributed by atoms with Crippen LogP contribution in [0.3, 0.4) is 0 Å². The molecule has 0 spiro atoms. The van der Waals surface area contributed by atoms with Gasteiger partial charge in [-0.2, -0.15) is 9.49 Å². The summed E-state index contributed by atoms with van der Waals surface area (Å²) in [6.45, 7) is 0. The van der Waals surface area contributed by atoms with Gasteiger partial charge in [-0.05, 0) is 34.1 Å². The van der Waals surface area contributed by atoms with Gasteiger partial charge in [-0.3, -0.25) is 5.43 Å². The molecule has 0 amide bonds. The summed E-state index contributed by atoms with van der Waals surface area (Å²) in [4.78, 5) is 3.52. The third kappa shape index (κ3) is 3.30. The van der Waals surface area contributed by atoms with Crippen LogP contribution in [0.25, 0.3) is 0 Å². The molecule has 1 aromatic heterocycles. The Morgan fingerprint density at radius 1 is 1.35 bits per heavy atom. The Labute approximate surface area is 122 Å². The fourth-order valence-electron chi connectivity index (χ4n) is 1.46. The van der Waals surface area contributed by atoms with Gasteiger partial charge in [0.05, 0.1) is 24.6 Å². The summed E-state index contributed by atoms with van der Waals surface area (Å²) < 4.78 is 32.0. The van der Waals surface area contributed by atoms with Gasteiger partial charge < -0.3 is 4.74 Å². The lowest BCUT2D eigenvalue weighted by Crippen LogP contribution is -1.98. The van der Waals surface area contributed by atoms with Crippen LogP contribution in [0.5, 0.6) is 5.75 Å². The number of anilines is 1. The van der Waals surface area contributed by atoms with E-state index >= 15 is 0 Å². The Kier molecular flexibility index (Phi) is 4.62. The molecule has 0 atom stereocenters. The highest BCUT2D eigenvalue weighted by Crippen LogP contribution is 2.25. The van der Waals surface area contributed by atoms with Crippen molar-refractivity contribution in [2.45, 2.75) is 0 Å². The summed E-state index contributed by atoms with van der Waals surface area (Å²) in [5.41, 5.74) is 3.33. The Bertz CT molecular complexity index is 629. The SMILES string of the molecule is COc1cc(F)ccc1NN=Cc1c(Br)ccnc1F. The number of nitrogens with one attached hydrogen (secondary N) is 1. The summed E-state index contributed by atoms with van der Waals surface area (Å²) in [5, 5.41) is 3.88. The van der Waals surface area contributed by atoms with Gasteiger partial charge >= 0.3 is 0 Å². The lowest BCUT2D eigenvalue weighted by Gasteiger charge is -2.07. The molecule has 0 aliphatic heterocycles. The highest BCUT2D eigenvalue weighted by molar-refractivity contribution is 9.10. The quantitative estimate of drug-likeness (QED) is 0.525. The molecule has 7 heteroatoms. The van der Waals surface area contributed by atoms with Crippen molar-refractivity contribution in [1.82, 2.24) is 4.98 Å². The first-order valence-electron chi connectivity index (χ1n) is 5.54. The molecule has 0 aliphatic carbocycles. The van der Waals surface area contributed by atoms with Crippen LogP contribution in [0, 0.1) is 11.8 Å². The number of aromatic nitrogens is 1. The maximum Gasteiger partial charge on any atom is 0.222 e. The number of hydrogen-bond acceptors (Lipinski definition) is 4. The number of pyridine rings is 1. The predicted molar refractivity (Wildman–Crippen MR) is 76.1 cm³/mol. The van der Waals surface area contributed by atoms with Crippen molar-refractivity contribution in [3.63, 3.8) is 0 Å². The van der Waals surface area contributed by atoms with E-state index in [9.17, 15) is 8.78 Å². The van der Waals surface area contributed by atoms with Crippen molar-refractivity contribution in [3.05, 3.63) is 52.3 Å². The molecule has 104 valence electrons. The molecule has 0 saturated heterocycles. The molecule has 0 radical (unpaired) electrons. The molecule has 0 unspecified atom stereocenters. The van der Waals surface area contributed by atoms with E-state index in [0.717, 1.165) is 0 Å². The van der Waals surface area contributed by atoms with E-state index in [1.165, 1.54) is 37.7 Å². The molecule has 1 heterocycles. The Morgan fingerprint density at radius 2 is 2.15 bits per heavy atom. The van der Waals surface area contributed by atoms with Gasteiger partial charge in [0.1, 0.15) is 11.6 Å². The van der Waals surface area contributed by atoms with Gasteiger partial charge in [0, 0.05) is 16.7 Å². The monoisotopic (exact) mass is 341 g/mol. The minimum Gasteiger partial charge on any atom is -0.494 e. The fraction of sp³-hybridized carbons (Fsp3) is 0.0769. The van der Waals surface area contributed by atoms with Crippen LogP contribution in [0.1, 0.15) is 5.56 Å². The molecule has 2 aromatic rings. The topological polar surface area (TPSA) is 46.5 Å². The number of rotatable bonds is 4. The van der Waals surface area contributed by atoms with E-state index in [0.29, 0.717) is 15.9 Å². The molecule has 0 aliphatic rings. The van der Waals surface area contributed by atoms with Crippen LogP contribution >= 0.6 is 15.9 Å². The second kappa shape index (κ2) is 6.42. The van der Waals surface area contributed by atoms with Crippen molar-refractivity contribution < 1.29 is 13.5 Å². The first-order valence-corrected chi connectivity index (χ1v) is 6.33. The lowest BCUT2D eigenvalue weighted by atomic mass is 10.3. The molecule has 1 N–H and O–H groups in total. The van der Waals surface area contributed by atoms with Crippen LogP contribution in [-0.4, -0.2) is 18.3 Å². The number of ether oxygens (including phenoxy) is 1. The van der Waals surface area contributed by atoms with Gasteiger partial charge in [-0.15, -0.1) is 0 Å². The zero-order valence-corrected chi connectivity index (χ0v) is 12.0. The molecular weight excluding hydrogens is 332 g/mol. The van der Waals surface area contributed by atoms with E-state index in [-0.39, 0.29) is 5.56 Å². The molecule has 4 nitrogen and oxygen atoms in total. The van der Waals surface area contributed by atoms with E-state index in [4.69, 9.17) is 4.74 Å². The molecule has 2 rings (SSSR count). The van der Waals surface area contributed by atoms with Gasteiger partial charge in [-0.1, -0.05) is 0 Å². The van der Waals surface area contributed by atoms with Crippen molar-refractivity contribution in [2.75, 3.05) is 12.5 Å².